The van der Waals surface area contributed by atoms with Crippen molar-refractivity contribution in [3.05, 3.63) is 66.2 Å². The average molecular weight is 420 g/mol. The van der Waals surface area contributed by atoms with Gasteiger partial charge in [0.1, 0.15) is 5.75 Å². The fourth-order valence-electron chi connectivity index (χ4n) is 3.60. The first-order chi connectivity index (χ1) is 15.0. The van der Waals surface area contributed by atoms with E-state index in [0.717, 1.165) is 42.6 Å². The van der Waals surface area contributed by atoms with Crippen molar-refractivity contribution in [2.75, 3.05) is 0 Å². The Kier molecular flexibility index (Phi) is 10.4. The van der Waals surface area contributed by atoms with E-state index >= 15 is 0 Å². The van der Waals surface area contributed by atoms with E-state index in [1.54, 1.807) is 0 Å². The predicted octanol–water partition coefficient (Wildman–Crippen LogP) is 7.14. The molecule has 31 heavy (non-hydrogen) atoms. The Bertz CT molecular complexity index is 880. The molecule has 0 aliphatic rings. The summed E-state index contributed by atoms with van der Waals surface area (Å²) < 4.78 is 6.46. The van der Waals surface area contributed by atoms with Crippen LogP contribution in [0.5, 0.6) is 5.75 Å². The second kappa shape index (κ2) is 13.3. The number of hydrogen-bond acceptors (Lipinski definition) is 3. The van der Waals surface area contributed by atoms with Crippen LogP contribution in [0.3, 0.4) is 0 Å². The molecule has 0 amide bonds. The molecule has 0 fully saturated rings. The van der Waals surface area contributed by atoms with E-state index in [4.69, 9.17) is 15.1 Å². The summed E-state index contributed by atoms with van der Waals surface area (Å²) in [6.45, 7) is 5.85. The van der Waals surface area contributed by atoms with Crippen molar-refractivity contribution in [1.82, 2.24) is 0 Å². The van der Waals surface area contributed by atoms with Gasteiger partial charge >= 0.3 is 5.97 Å². The molecule has 0 bridgehead atoms. The van der Waals surface area contributed by atoms with Gasteiger partial charge in [-0.25, -0.2) is 4.79 Å². The highest BCUT2D eigenvalue weighted by Crippen LogP contribution is 2.32. The normalized spacial score (nSPS) is 11.5. The van der Waals surface area contributed by atoms with Crippen LogP contribution in [0, 0.1) is 11.3 Å². The molecule has 2 aromatic rings. The van der Waals surface area contributed by atoms with Gasteiger partial charge in [-0.2, -0.15) is 5.26 Å². The van der Waals surface area contributed by atoms with E-state index in [0.29, 0.717) is 12.0 Å². The highest BCUT2D eigenvalue weighted by Gasteiger charge is 2.15. The Balaban J connectivity index is 2.09. The Morgan fingerprint density at radius 2 is 1.71 bits per heavy atom. The van der Waals surface area contributed by atoms with Crippen molar-refractivity contribution in [3.8, 4) is 22.9 Å². The molecule has 4 nitrogen and oxygen atoms in total. The van der Waals surface area contributed by atoms with Crippen molar-refractivity contribution < 1.29 is 14.6 Å². The molecule has 0 aliphatic carbocycles. The van der Waals surface area contributed by atoms with Crippen LogP contribution in [0.15, 0.2) is 60.7 Å². The maximum atomic E-state index is 11.0. The standard InChI is InChI=1S/C27H33NO3/c1-3-4-5-6-7-12-24(13-10-11-21(2)27(29)30)31-26-15-9-8-14-25(26)23-18-16-22(20-28)17-19-23/h8-9,14-19,24H,2-7,10-13H2,1H3,(H,29,30). The van der Waals surface area contributed by atoms with Gasteiger partial charge in [-0.15, -0.1) is 0 Å². The zero-order valence-electron chi connectivity index (χ0n) is 18.5. The number of carboxylic acid groups (broad SMARTS) is 1. The fourth-order valence-corrected chi connectivity index (χ4v) is 3.60. The van der Waals surface area contributed by atoms with E-state index in [-0.39, 0.29) is 11.7 Å². The fraction of sp³-hybridized carbons (Fsp3) is 0.407. The predicted molar refractivity (Wildman–Crippen MR) is 125 cm³/mol. The lowest BCUT2D eigenvalue weighted by Gasteiger charge is -2.21. The van der Waals surface area contributed by atoms with E-state index in [2.05, 4.69) is 19.6 Å². The van der Waals surface area contributed by atoms with Gasteiger partial charge in [-0.1, -0.05) is 69.5 Å². The second-order valence-electron chi connectivity index (χ2n) is 7.93. The van der Waals surface area contributed by atoms with Gasteiger partial charge in [0.15, 0.2) is 0 Å². The Morgan fingerprint density at radius 3 is 2.39 bits per heavy atom. The van der Waals surface area contributed by atoms with Crippen LogP contribution in [0.25, 0.3) is 11.1 Å². The Hall–Kier alpha value is -3.06. The van der Waals surface area contributed by atoms with Crippen molar-refractivity contribution >= 4 is 5.97 Å². The molecule has 1 N–H and O–H groups in total. The number of benzene rings is 2. The number of nitrogens with zero attached hydrogens (tertiary/aromatic N) is 1. The quantitative estimate of drug-likeness (QED) is 0.261. The Morgan fingerprint density at radius 1 is 1.03 bits per heavy atom. The summed E-state index contributed by atoms with van der Waals surface area (Å²) in [5.41, 5.74) is 2.89. The van der Waals surface area contributed by atoms with Crippen LogP contribution in [-0.2, 0) is 4.79 Å². The monoisotopic (exact) mass is 419 g/mol. The molecule has 0 radical (unpaired) electrons. The number of carbonyl (C=O) groups is 1. The Labute approximate surface area is 186 Å². The summed E-state index contributed by atoms with van der Waals surface area (Å²) in [4.78, 5) is 11.0. The summed E-state index contributed by atoms with van der Waals surface area (Å²) >= 11 is 0. The van der Waals surface area contributed by atoms with E-state index < -0.39 is 5.97 Å². The molecular weight excluding hydrogens is 386 g/mol. The third-order valence-corrected chi connectivity index (χ3v) is 5.44. The number of hydrogen-bond donors (Lipinski definition) is 1. The molecule has 0 aliphatic heterocycles. The van der Waals surface area contributed by atoms with Crippen LogP contribution in [0.2, 0.25) is 0 Å². The first-order valence-corrected chi connectivity index (χ1v) is 11.2. The summed E-state index contributed by atoms with van der Waals surface area (Å²) in [6, 6.07) is 17.6. The molecule has 0 saturated carbocycles. The van der Waals surface area contributed by atoms with Gasteiger partial charge in [0.05, 0.1) is 17.7 Å². The van der Waals surface area contributed by atoms with E-state index in [1.165, 1.54) is 25.7 Å². The summed E-state index contributed by atoms with van der Waals surface area (Å²) in [5.74, 6) is -0.106. The molecule has 0 spiro atoms. The molecule has 4 heteroatoms. The number of aliphatic carboxylic acids is 1. The molecule has 1 unspecified atom stereocenters. The third kappa shape index (κ3) is 8.30. The number of rotatable bonds is 14. The summed E-state index contributed by atoms with van der Waals surface area (Å²) in [6.07, 6.45) is 8.99. The third-order valence-electron chi connectivity index (χ3n) is 5.44. The topological polar surface area (TPSA) is 70.3 Å². The van der Waals surface area contributed by atoms with Crippen LogP contribution < -0.4 is 4.74 Å². The van der Waals surface area contributed by atoms with Crippen LogP contribution in [0.4, 0.5) is 0 Å². The number of para-hydroxylation sites is 1. The molecular formula is C27H33NO3. The summed E-state index contributed by atoms with van der Waals surface area (Å²) in [7, 11) is 0. The maximum absolute atomic E-state index is 11.0. The number of unbranched alkanes of at least 4 members (excludes halogenated alkanes) is 4. The smallest absolute Gasteiger partial charge is 0.330 e. The molecule has 164 valence electrons. The highest BCUT2D eigenvalue weighted by molar-refractivity contribution is 5.85. The number of nitriles is 1. The number of ether oxygens (including phenoxy) is 1. The van der Waals surface area contributed by atoms with Gasteiger partial charge in [0, 0.05) is 11.1 Å². The van der Waals surface area contributed by atoms with Gasteiger partial charge in [0.2, 0.25) is 0 Å². The average Bonchev–Trinajstić information content (AvgIpc) is 2.79. The maximum Gasteiger partial charge on any atom is 0.330 e. The highest BCUT2D eigenvalue weighted by atomic mass is 16.5. The van der Waals surface area contributed by atoms with E-state index in [9.17, 15) is 4.79 Å². The van der Waals surface area contributed by atoms with Crippen LogP contribution in [0.1, 0.15) is 70.3 Å². The van der Waals surface area contributed by atoms with Crippen molar-refractivity contribution in [2.24, 2.45) is 0 Å². The van der Waals surface area contributed by atoms with E-state index in [1.807, 2.05) is 48.5 Å². The van der Waals surface area contributed by atoms with Crippen molar-refractivity contribution in [2.45, 2.75) is 70.8 Å². The molecule has 2 rings (SSSR count). The largest absolute Gasteiger partial charge is 0.490 e. The minimum Gasteiger partial charge on any atom is -0.490 e. The molecule has 1 atom stereocenters. The summed E-state index contributed by atoms with van der Waals surface area (Å²) in [5, 5.41) is 18.1. The molecule has 0 heterocycles. The van der Waals surface area contributed by atoms with Gasteiger partial charge < -0.3 is 9.84 Å². The minimum atomic E-state index is -0.928. The molecule has 0 saturated heterocycles. The van der Waals surface area contributed by atoms with Crippen molar-refractivity contribution in [3.63, 3.8) is 0 Å². The molecule has 0 aromatic heterocycles. The molecule has 2 aromatic carbocycles. The lowest BCUT2D eigenvalue weighted by molar-refractivity contribution is -0.132. The van der Waals surface area contributed by atoms with Crippen LogP contribution in [-0.4, -0.2) is 17.2 Å². The number of carboxylic acids is 1. The van der Waals surface area contributed by atoms with Crippen LogP contribution >= 0.6 is 0 Å². The first kappa shape index (κ1) is 24.2. The zero-order valence-corrected chi connectivity index (χ0v) is 18.5. The lowest BCUT2D eigenvalue weighted by Crippen LogP contribution is -2.17. The zero-order chi connectivity index (χ0) is 22.5. The SMILES string of the molecule is C=C(CCCC(CCCCCCC)Oc1ccccc1-c1ccc(C#N)cc1)C(=O)O. The lowest BCUT2D eigenvalue weighted by atomic mass is 10.0. The van der Waals surface area contributed by atoms with Gasteiger partial charge in [-0.05, 0) is 55.9 Å². The van der Waals surface area contributed by atoms with Gasteiger partial charge in [-0.3, -0.25) is 0 Å². The second-order valence-corrected chi connectivity index (χ2v) is 7.93. The van der Waals surface area contributed by atoms with Crippen molar-refractivity contribution in [1.29, 1.82) is 5.26 Å². The van der Waals surface area contributed by atoms with Gasteiger partial charge in [0.25, 0.3) is 0 Å². The first-order valence-electron chi connectivity index (χ1n) is 11.2. The minimum absolute atomic E-state index is 0.0303.